The normalized spacial score (nSPS) is 26.2. The summed E-state index contributed by atoms with van der Waals surface area (Å²) in [4.78, 5) is 14.4. The minimum Gasteiger partial charge on any atom is -0.373 e. The first-order chi connectivity index (χ1) is 11.3. The number of sulfone groups is 1. The van der Waals surface area contributed by atoms with Gasteiger partial charge in [0.05, 0.1) is 30.3 Å². The number of morpholine rings is 1. The number of carbonyl (C=O) groups excluding carboxylic acids is 1. The molecule has 2 unspecified atom stereocenters. The molecule has 0 N–H and O–H groups in total. The van der Waals surface area contributed by atoms with Gasteiger partial charge in [-0.25, -0.2) is 8.42 Å². The molecule has 2 atom stereocenters. The van der Waals surface area contributed by atoms with E-state index in [2.05, 4.69) is 26.0 Å². The summed E-state index contributed by atoms with van der Waals surface area (Å²) >= 11 is 0. The van der Waals surface area contributed by atoms with Gasteiger partial charge >= 0.3 is 0 Å². The van der Waals surface area contributed by atoms with Crippen molar-refractivity contribution < 1.29 is 17.9 Å². The van der Waals surface area contributed by atoms with Crippen molar-refractivity contribution in [1.29, 1.82) is 0 Å². The first-order valence-corrected chi connectivity index (χ1v) is 10.3. The van der Waals surface area contributed by atoms with E-state index in [1.165, 1.54) is 5.56 Å². The van der Waals surface area contributed by atoms with Gasteiger partial charge in [0.25, 0.3) is 0 Å². The predicted octanol–water partition coefficient (Wildman–Crippen LogP) is 1.77. The molecule has 1 amide bonds. The van der Waals surface area contributed by atoms with Gasteiger partial charge in [0, 0.05) is 13.0 Å². The Balaban J connectivity index is 1.65. The topological polar surface area (TPSA) is 63.7 Å². The molecule has 1 aromatic carbocycles. The van der Waals surface area contributed by atoms with Crippen LogP contribution in [-0.2, 0) is 24.8 Å². The second-order valence-corrected chi connectivity index (χ2v) is 9.54. The zero-order valence-electron chi connectivity index (χ0n) is 14.3. The van der Waals surface area contributed by atoms with E-state index in [1.807, 2.05) is 18.2 Å². The van der Waals surface area contributed by atoms with Crippen molar-refractivity contribution in [3.05, 3.63) is 35.9 Å². The second-order valence-electron chi connectivity index (χ2n) is 7.39. The average molecular weight is 351 g/mol. The number of hydrogen-bond acceptors (Lipinski definition) is 4. The third kappa shape index (κ3) is 3.64. The Morgan fingerprint density at radius 3 is 2.67 bits per heavy atom. The Kier molecular flexibility index (Phi) is 4.71. The van der Waals surface area contributed by atoms with Gasteiger partial charge in [-0.05, 0) is 17.4 Å². The SMILES string of the molecule is CC(C)(CCC(=O)N1CCOC2CS(=O)(=O)CC21)c1ccccc1. The zero-order valence-corrected chi connectivity index (χ0v) is 15.1. The summed E-state index contributed by atoms with van der Waals surface area (Å²) in [7, 11) is -3.10. The largest absolute Gasteiger partial charge is 0.373 e. The Labute approximate surface area is 143 Å². The molecule has 132 valence electrons. The molecule has 24 heavy (non-hydrogen) atoms. The van der Waals surface area contributed by atoms with Crippen molar-refractivity contribution in [2.45, 2.75) is 44.2 Å². The first-order valence-electron chi connectivity index (χ1n) is 8.45. The molecule has 0 aromatic heterocycles. The Morgan fingerprint density at radius 1 is 1.25 bits per heavy atom. The monoisotopic (exact) mass is 351 g/mol. The van der Waals surface area contributed by atoms with E-state index in [0.29, 0.717) is 19.6 Å². The van der Waals surface area contributed by atoms with Crippen molar-refractivity contribution in [1.82, 2.24) is 4.90 Å². The molecule has 2 aliphatic rings. The summed E-state index contributed by atoms with van der Waals surface area (Å²) in [5, 5.41) is 0. The fraction of sp³-hybridized carbons (Fsp3) is 0.611. The van der Waals surface area contributed by atoms with E-state index in [1.54, 1.807) is 4.90 Å². The van der Waals surface area contributed by atoms with Crippen LogP contribution >= 0.6 is 0 Å². The highest BCUT2D eigenvalue weighted by molar-refractivity contribution is 7.91. The van der Waals surface area contributed by atoms with Gasteiger partial charge in [0.1, 0.15) is 0 Å². The molecule has 2 heterocycles. The van der Waals surface area contributed by atoms with Gasteiger partial charge in [-0.15, -0.1) is 0 Å². The van der Waals surface area contributed by atoms with Crippen molar-refractivity contribution >= 4 is 15.7 Å². The maximum Gasteiger partial charge on any atom is 0.223 e. The van der Waals surface area contributed by atoms with Crippen LogP contribution in [0.25, 0.3) is 0 Å². The lowest BCUT2D eigenvalue weighted by atomic mass is 9.80. The smallest absolute Gasteiger partial charge is 0.223 e. The molecule has 2 fully saturated rings. The molecule has 0 bridgehead atoms. The third-order valence-electron chi connectivity index (χ3n) is 5.18. The lowest BCUT2D eigenvalue weighted by Crippen LogP contribution is -2.53. The molecule has 0 saturated carbocycles. The van der Waals surface area contributed by atoms with Crippen LogP contribution in [-0.4, -0.2) is 56.0 Å². The highest BCUT2D eigenvalue weighted by Gasteiger charge is 2.45. The molecule has 5 nitrogen and oxygen atoms in total. The van der Waals surface area contributed by atoms with Gasteiger partial charge in [0.15, 0.2) is 9.84 Å². The zero-order chi connectivity index (χ0) is 17.4. The van der Waals surface area contributed by atoms with Gasteiger partial charge < -0.3 is 9.64 Å². The fourth-order valence-electron chi connectivity index (χ4n) is 3.62. The molecular weight excluding hydrogens is 326 g/mol. The predicted molar refractivity (Wildman–Crippen MR) is 92.6 cm³/mol. The summed E-state index contributed by atoms with van der Waals surface area (Å²) in [5.74, 6) is 0.108. The quantitative estimate of drug-likeness (QED) is 0.829. The molecule has 2 aliphatic heterocycles. The maximum absolute atomic E-state index is 12.7. The van der Waals surface area contributed by atoms with Crippen LogP contribution in [0.3, 0.4) is 0 Å². The van der Waals surface area contributed by atoms with Gasteiger partial charge in [0.2, 0.25) is 5.91 Å². The summed E-state index contributed by atoms with van der Waals surface area (Å²) in [6.07, 6.45) is 0.803. The Hall–Kier alpha value is -1.40. The summed E-state index contributed by atoms with van der Waals surface area (Å²) in [6.45, 7) is 5.18. The number of hydrogen-bond donors (Lipinski definition) is 0. The molecule has 3 rings (SSSR count). The average Bonchev–Trinajstić information content (AvgIpc) is 2.87. The Morgan fingerprint density at radius 2 is 1.96 bits per heavy atom. The third-order valence-corrected chi connectivity index (χ3v) is 6.86. The van der Waals surface area contributed by atoms with Gasteiger partial charge in [-0.2, -0.15) is 0 Å². The van der Waals surface area contributed by atoms with Crippen LogP contribution in [0.5, 0.6) is 0 Å². The van der Waals surface area contributed by atoms with E-state index in [4.69, 9.17) is 4.74 Å². The van der Waals surface area contributed by atoms with E-state index in [9.17, 15) is 13.2 Å². The molecule has 0 radical (unpaired) electrons. The molecular formula is C18H25NO4S. The minimum atomic E-state index is -3.10. The van der Waals surface area contributed by atoms with Crippen LogP contribution in [0, 0.1) is 0 Å². The number of benzene rings is 1. The van der Waals surface area contributed by atoms with Crippen LogP contribution in [0.2, 0.25) is 0 Å². The maximum atomic E-state index is 12.7. The summed E-state index contributed by atoms with van der Waals surface area (Å²) in [5.41, 5.74) is 1.12. The molecule has 6 heteroatoms. The lowest BCUT2D eigenvalue weighted by molar-refractivity contribution is -0.143. The molecule has 0 spiro atoms. The Bertz CT molecular complexity index is 699. The second kappa shape index (κ2) is 6.48. The van der Waals surface area contributed by atoms with Crippen molar-refractivity contribution in [2.24, 2.45) is 0 Å². The van der Waals surface area contributed by atoms with E-state index >= 15 is 0 Å². The van der Waals surface area contributed by atoms with Gasteiger partial charge in [-0.1, -0.05) is 44.2 Å². The van der Waals surface area contributed by atoms with Crippen LogP contribution in [0.4, 0.5) is 0 Å². The molecule has 2 saturated heterocycles. The number of nitrogens with zero attached hydrogens (tertiary/aromatic N) is 1. The van der Waals surface area contributed by atoms with Crippen LogP contribution in [0.1, 0.15) is 32.3 Å². The summed E-state index contributed by atoms with van der Waals surface area (Å²) < 4.78 is 29.3. The van der Waals surface area contributed by atoms with Crippen LogP contribution < -0.4 is 0 Å². The number of rotatable bonds is 4. The highest BCUT2D eigenvalue weighted by Crippen LogP contribution is 2.30. The van der Waals surface area contributed by atoms with Crippen molar-refractivity contribution in [3.63, 3.8) is 0 Å². The van der Waals surface area contributed by atoms with E-state index < -0.39 is 9.84 Å². The number of carbonyl (C=O) groups is 1. The van der Waals surface area contributed by atoms with Crippen molar-refractivity contribution in [2.75, 3.05) is 24.7 Å². The first kappa shape index (κ1) is 17.4. The molecule has 1 aromatic rings. The van der Waals surface area contributed by atoms with Gasteiger partial charge in [-0.3, -0.25) is 4.79 Å². The minimum absolute atomic E-state index is 0.0332. The van der Waals surface area contributed by atoms with E-state index in [-0.39, 0.29) is 35.0 Å². The van der Waals surface area contributed by atoms with Crippen molar-refractivity contribution in [3.8, 4) is 0 Å². The highest BCUT2D eigenvalue weighted by atomic mass is 32.2. The van der Waals surface area contributed by atoms with Crippen LogP contribution in [0.15, 0.2) is 30.3 Å². The number of ether oxygens (including phenoxy) is 1. The molecule has 0 aliphatic carbocycles. The fourth-order valence-corrected chi connectivity index (χ4v) is 5.49. The van der Waals surface area contributed by atoms with E-state index in [0.717, 1.165) is 6.42 Å². The summed E-state index contributed by atoms with van der Waals surface area (Å²) in [6, 6.07) is 9.86. The lowest BCUT2D eigenvalue weighted by Gasteiger charge is -2.37. The number of fused-ring (bicyclic) bond motifs is 1. The number of amides is 1. The standard InChI is InChI=1S/C18H25NO4S/c1-18(2,14-6-4-3-5-7-14)9-8-17(20)19-10-11-23-16-13-24(21,22)12-15(16)19/h3-7,15-16H,8-13H2,1-2H3.